The first kappa shape index (κ1) is 14.1. The lowest BCUT2D eigenvalue weighted by molar-refractivity contribution is -0.153. The standard InChI is InChI=1S/C13H22ClNO3/c1-9-7-17-4-3-12(9)13(16)15-6-11(5-14)18-8-10(15)2/h9-12H,3-8H2,1-2H3. The number of carbonyl (C=O) groups is 1. The number of ether oxygens (including phenoxy) is 2. The number of alkyl halides is 1. The maximum atomic E-state index is 12.6. The van der Waals surface area contributed by atoms with Crippen LogP contribution in [0.25, 0.3) is 0 Å². The Morgan fingerprint density at radius 2 is 2.17 bits per heavy atom. The summed E-state index contributed by atoms with van der Waals surface area (Å²) >= 11 is 5.83. The lowest BCUT2D eigenvalue weighted by atomic mass is 9.88. The summed E-state index contributed by atoms with van der Waals surface area (Å²) in [5.41, 5.74) is 0. The van der Waals surface area contributed by atoms with E-state index in [0.29, 0.717) is 38.2 Å². The van der Waals surface area contributed by atoms with Crippen LogP contribution in [0.3, 0.4) is 0 Å². The zero-order valence-electron chi connectivity index (χ0n) is 11.1. The van der Waals surface area contributed by atoms with Crippen LogP contribution in [0, 0.1) is 11.8 Å². The van der Waals surface area contributed by atoms with Gasteiger partial charge in [-0.15, -0.1) is 11.6 Å². The average molecular weight is 276 g/mol. The number of hydrogen-bond donors (Lipinski definition) is 0. The number of morpholine rings is 1. The smallest absolute Gasteiger partial charge is 0.226 e. The van der Waals surface area contributed by atoms with Crippen molar-refractivity contribution in [1.29, 1.82) is 0 Å². The van der Waals surface area contributed by atoms with Gasteiger partial charge in [0.05, 0.1) is 24.6 Å². The van der Waals surface area contributed by atoms with Gasteiger partial charge in [0.15, 0.2) is 0 Å². The number of halogens is 1. The van der Waals surface area contributed by atoms with E-state index in [4.69, 9.17) is 21.1 Å². The van der Waals surface area contributed by atoms with Gasteiger partial charge in [-0.05, 0) is 19.3 Å². The molecule has 5 heteroatoms. The molecule has 2 heterocycles. The van der Waals surface area contributed by atoms with E-state index < -0.39 is 0 Å². The topological polar surface area (TPSA) is 38.8 Å². The van der Waals surface area contributed by atoms with Crippen LogP contribution in [0.1, 0.15) is 20.3 Å². The molecule has 0 aromatic heterocycles. The monoisotopic (exact) mass is 275 g/mol. The van der Waals surface area contributed by atoms with E-state index in [2.05, 4.69) is 6.92 Å². The molecule has 0 spiro atoms. The highest BCUT2D eigenvalue weighted by molar-refractivity contribution is 6.18. The van der Waals surface area contributed by atoms with E-state index in [9.17, 15) is 4.79 Å². The van der Waals surface area contributed by atoms with Gasteiger partial charge < -0.3 is 14.4 Å². The third kappa shape index (κ3) is 2.98. The van der Waals surface area contributed by atoms with Gasteiger partial charge in [-0.25, -0.2) is 0 Å². The zero-order chi connectivity index (χ0) is 13.1. The van der Waals surface area contributed by atoms with E-state index in [0.717, 1.165) is 6.42 Å². The van der Waals surface area contributed by atoms with Crippen molar-refractivity contribution in [2.75, 3.05) is 32.2 Å². The Morgan fingerprint density at radius 1 is 1.39 bits per heavy atom. The van der Waals surface area contributed by atoms with Gasteiger partial charge >= 0.3 is 0 Å². The minimum absolute atomic E-state index is 0.0260. The third-order valence-corrected chi connectivity index (χ3v) is 4.26. The van der Waals surface area contributed by atoms with Gasteiger partial charge in [0, 0.05) is 25.7 Å². The number of carbonyl (C=O) groups excluding carboxylic acids is 1. The highest BCUT2D eigenvalue weighted by Gasteiger charge is 2.36. The highest BCUT2D eigenvalue weighted by atomic mass is 35.5. The molecule has 0 radical (unpaired) electrons. The predicted octanol–water partition coefficient (Wildman–Crippen LogP) is 1.51. The molecule has 18 heavy (non-hydrogen) atoms. The number of amides is 1. The molecule has 2 aliphatic heterocycles. The molecule has 2 aliphatic rings. The quantitative estimate of drug-likeness (QED) is 0.717. The lowest BCUT2D eigenvalue weighted by Crippen LogP contribution is -2.54. The van der Waals surface area contributed by atoms with Crippen molar-refractivity contribution < 1.29 is 14.3 Å². The van der Waals surface area contributed by atoms with E-state index in [1.54, 1.807) is 0 Å². The fraction of sp³-hybridized carbons (Fsp3) is 0.923. The molecule has 2 fully saturated rings. The maximum absolute atomic E-state index is 12.6. The van der Waals surface area contributed by atoms with Crippen molar-refractivity contribution in [2.45, 2.75) is 32.4 Å². The van der Waals surface area contributed by atoms with Crippen LogP contribution in [-0.4, -0.2) is 55.2 Å². The van der Waals surface area contributed by atoms with Crippen molar-refractivity contribution in [3.8, 4) is 0 Å². The molecule has 0 aromatic rings. The lowest BCUT2D eigenvalue weighted by Gasteiger charge is -2.41. The summed E-state index contributed by atoms with van der Waals surface area (Å²) < 4.78 is 11.0. The zero-order valence-corrected chi connectivity index (χ0v) is 11.9. The normalized spacial score (nSPS) is 37.6. The largest absolute Gasteiger partial charge is 0.381 e. The third-order valence-electron chi connectivity index (χ3n) is 3.92. The van der Waals surface area contributed by atoms with Crippen LogP contribution in [0.15, 0.2) is 0 Å². The van der Waals surface area contributed by atoms with Crippen LogP contribution in [0.4, 0.5) is 0 Å². The molecule has 4 nitrogen and oxygen atoms in total. The minimum atomic E-state index is -0.0260. The Labute approximate surface area is 114 Å². The Balaban J connectivity index is 2.01. The molecular formula is C13H22ClNO3. The maximum Gasteiger partial charge on any atom is 0.226 e. The van der Waals surface area contributed by atoms with Gasteiger partial charge in [0.25, 0.3) is 0 Å². The average Bonchev–Trinajstić information content (AvgIpc) is 2.39. The molecular weight excluding hydrogens is 254 g/mol. The van der Waals surface area contributed by atoms with Crippen molar-refractivity contribution in [2.24, 2.45) is 11.8 Å². The van der Waals surface area contributed by atoms with Gasteiger partial charge in [0.1, 0.15) is 0 Å². The van der Waals surface area contributed by atoms with Gasteiger partial charge in [-0.2, -0.15) is 0 Å². The number of nitrogens with zero attached hydrogens (tertiary/aromatic N) is 1. The number of rotatable bonds is 2. The molecule has 0 N–H and O–H groups in total. The summed E-state index contributed by atoms with van der Waals surface area (Å²) in [6.07, 6.45) is 0.803. The molecule has 0 bridgehead atoms. The Bertz CT molecular complexity index is 300. The first-order valence-electron chi connectivity index (χ1n) is 6.69. The molecule has 0 aliphatic carbocycles. The van der Waals surface area contributed by atoms with E-state index in [1.165, 1.54) is 0 Å². The summed E-state index contributed by atoms with van der Waals surface area (Å²) in [6.45, 7) is 6.71. The molecule has 4 atom stereocenters. The van der Waals surface area contributed by atoms with E-state index in [-0.39, 0.29) is 24.0 Å². The fourth-order valence-electron chi connectivity index (χ4n) is 2.68. The Kier molecular flexibility index (Phi) is 4.87. The Hall–Kier alpha value is -0.320. The molecule has 104 valence electrons. The van der Waals surface area contributed by atoms with Crippen LogP contribution in [0.5, 0.6) is 0 Å². The molecule has 2 saturated heterocycles. The second kappa shape index (κ2) is 6.22. The van der Waals surface area contributed by atoms with Crippen LogP contribution in [0.2, 0.25) is 0 Å². The first-order chi connectivity index (χ1) is 8.63. The van der Waals surface area contributed by atoms with Crippen molar-refractivity contribution >= 4 is 17.5 Å². The molecule has 1 amide bonds. The predicted molar refractivity (Wildman–Crippen MR) is 69.7 cm³/mol. The fourth-order valence-corrected chi connectivity index (χ4v) is 2.86. The van der Waals surface area contributed by atoms with Gasteiger partial charge in [0.2, 0.25) is 5.91 Å². The van der Waals surface area contributed by atoms with Gasteiger partial charge in [-0.1, -0.05) is 6.92 Å². The van der Waals surface area contributed by atoms with Crippen molar-refractivity contribution in [3.63, 3.8) is 0 Å². The van der Waals surface area contributed by atoms with Crippen LogP contribution in [-0.2, 0) is 14.3 Å². The Morgan fingerprint density at radius 3 is 2.83 bits per heavy atom. The van der Waals surface area contributed by atoms with Crippen molar-refractivity contribution in [1.82, 2.24) is 4.90 Å². The summed E-state index contributed by atoms with van der Waals surface area (Å²) in [7, 11) is 0. The molecule has 0 saturated carbocycles. The molecule has 2 rings (SSSR count). The van der Waals surface area contributed by atoms with Crippen LogP contribution < -0.4 is 0 Å². The highest BCUT2D eigenvalue weighted by Crippen LogP contribution is 2.26. The minimum Gasteiger partial charge on any atom is -0.381 e. The summed E-state index contributed by atoms with van der Waals surface area (Å²) in [4.78, 5) is 14.6. The summed E-state index contributed by atoms with van der Waals surface area (Å²) in [5, 5.41) is 0. The molecule has 0 aromatic carbocycles. The van der Waals surface area contributed by atoms with E-state index in [1.807, 2.05) is 11.8 Å². The second-order valence-electron chi connectivity index (χ2n) is 5.40. The van der Waals surface area contributed by atoms with Crippen molar-refractivity contribution in [3.05, 3.63) is 0 Å². The summed E-state index contributed by atoms with van der Waals surface area (Å²) in [5.74, 6) is 1.09. The van der Waals surface area contributed by atoms with Gasteiger partial charge in [-0.3, -0.25) is 4.79 Å². The van der Waals surface area contributed by atoms with E-state index >= 15 is 0 Å². The molecule has 4 unspecified atom stereocenters. The van der Waals surface area contributed by atoms with Crippen LogP contribution >= 0.6 is 11.6 Å². The second-order valence-corrected chi connectivity index (χ2v) is 5.71. The first-order valence-corrected chi connectivity index (χ1v) is 7.22. The number of hydrogen-bond acceptors (Lipinski definition) is 3. The summed E-state index contributed by atoms with van der Waals surface area (Å²) in [6, 6.07) is 0.145. The SMILES string of the molecule is CC1COCCC1C(=O)N1CC(CCl)OCC1C.